The van der Waals surface area contributed by atoms with Gasteiger partial charge in [-0.05, 0) is 96.4 Å². The highest BCUT2D eigenvalue weighted by Crippen LogP contribution is 2.35. The Hall–Kier alpha value is -3.23. The molecule has 0 amide bonds. The summed E-state index contributed by atoms with van der Waals surface area (Å²) in [5, 5.41) is 14.9. The fraction of sp³-hybridized carbons (Fsp3) is 0.448. The van der Waals surface area contributed by atoms with Gasteiger partial charge in [-0.15, -0.1) is 5.10 Å². The van der Waals surface area contributed by atoms with E-state index in [1.807, 2.05) is 22.9 Å². The maximum absolute atomic E-state index is 13.6. The third-order valence-corrected chi connectivity index (χ3v) is 8.64. The average Bonchev–Trinajstić information content (AvgIpc) is 3.60. The number of piperazine rings is 1. The average molecular weight is 532 g/mol. The number of rotatable bonds is 5. The molecule has 4 aromatic rings. The van der Waals surface area contributed by atoms with Crippen LogP contribution in [0.5, 0.6) is 0 Å². The Balaban J connectivity index is 1.40. The summed E-state index contributed by atoms with van der Waals surface area (Å²) >= 11 is 6.33. The number of tetrazole rings is 1. The van der Waals surface area contributed by atoms with Crippen LogP contribution in [-0.4, -0.2) is 56.3 Å². The fourth-order valence-electron chi connectivity index (χ4n) is 6.13. The second-order valence-corrected chi connectivity index (χ2v) is 11.3. The second-order valence-electron chi connectivity index (χ2n) is 10.9. The molecule has 2 fully saturated rings. The van der Waals surface area contributed by atoms with Crippen LogP contribution in [0, 0.1) is 20.8 Å². The van der Waals surface area contributed by atoms with E-state index in [4.69, 9.17) is 11.6 Å². The van der Waals surface area contributed by atoms with E-state index in [1.54, 1.807) is 0 Å². The Labute approximate surface area is 227 Å². The van der Waals surface area contributed by atoms with Crippen LogP contribution in [0.3, 0.4) is 0 Å². The van der Waals surface area contributed by atoms with E-state index in [9.17, 15) is 4.79 Å². The molecule has 0 spiro atoms. The van der Waals surface area contributed by atoms with Crippen LogP contribution in [0.25, 0.3) is 10.9 Å². The third-order valence-electron chi connectivity index (χ3n) is 8.41. The number of aromatic nitrogens is 5. The van der Waals surface area contributed by atoms with Gasteiger partial charge >= 0.3 is 0 Å². The highest BCUT2D eigenvalue weighted by Gasteiger charge is 2.35. The van der Waals surface area contributed by atoms with Gasteiger partial charge in [0, 0.05) is 48.0 Å². The van der Waals surface area contributed by atoms with Crippen molar-refractivity contribution in [3.63, 3.8) is 0 Å². The Morgan fingerprint density at radius 3 is 2.45 bits per heavy atom. The molecular weight excluding hydrogens is 498 g/mol. The molecule has 2 aromatic heterocycles. The van der Waals surface area contributed by atoms with E-state index < -0.39 is 0 Å². The Morgan fingerprint density at radius 1 is 0.947 bits per heavy atom. The fourth-order valence-corrected chi connectivity index (χ4v) is 6.30. The molecule has 0 unspecified atom stereocenters. The summed E-state index contributed by atoms with van der Waals surface area (Å²) in [4.78, 5) is 21.5. The molecule has 1 aliphatic carbocycles. The number of benzene rings is 2. The first-order valence-corrected chi connectivity index (χ1v) is 13.9. The van der Waals surface area contributed by atoms with Gasteiger partial charge in [0.1, 0.15) is 6.04 Å². The molecule has 38 heavy (non-hydrogen) atoms. The predicted molar refractivity (Wildman–Crippen MR) is 151 cm³/mol. The molecule has 2 aliphatic rings. The van der Waals surface area contributed by atoms with Crippen molar-refractivity contribution in [1.82, 2.24) is 30.1 Å². The normalized spacial score (nSPS) is 17.9. The Bertz CT molecular complexity index is 1530. The number of anilines is 1. The van der Waals surface area contributed by atoms with Gasteiger partial charge in [0.15, 0.2) is 5.82 Å². The van der Waals surface area contributed by atoms with E-state index in [0.29, 0.717) is 5.56 Å². The molecule has 1 saturated heterocycles. The van der Waals surface area contributed by atoms with Crippen molar-refractivity contribution < 1.29 is 0 Å². The van der Waals surface area contributed by atoms with Crippen molar-refractivity contribution in [3.05, 3.63) is 79.9 Å². The number of halogens is 1. The first-order chi connectivity index (χ1) is 18.4. The minimum atomic E-state index is -0.331. The van der Waals surface area contributed by atoms with E-state index in [2.05, 4.69) is 69.3 Å². The summed E-state index contributed by atoms with van der Waals surface area (Å²) in [6, 6.07) is 12.3. The number of nitrogens with zero attached hydrogens (tertiary/aromatic N) is 6. The van der Waals surface area contributed by atoms with Gasteiger partial charge < -0.3 is 9.88 Å². The van der Waals surface area contributed by atoms with Gasteiger partial charge in [0.2, 0.25) is 0 Å². The van der Waals surface area contributed by atoms with Gasteiger partial charge in [-0.25, -0.2) is 4.68 Å². The van der Waals surface area contributed by atoms with Crippen molar-refractivity contribution in [1.29, 1.82) is 0 Å². The summed E-state index contributed by atoms with van der Waals surface area (Å²) in [7, 11) is 0. The zero-order valence-corrected chi connectivity index (χ0v) is 23.0. The molecule has 0 bridgehead atoms. The molecule has 1 aliphatic heterocycles. The third kappa shape index (κ3) is 4.60. The van der Waals surface area contributed by atoms with Crippen molar-refractivity contribution in [2.75, 3.05) is 31.1 Å². The summed E-state index contributed by atoms with van der Waals surface area (Å²) in [6.07, 6.45) is 4.50. The number of nitrogens with one attached hydrogen (secondary N) is 1. The maximum atomic E-state index is 13.6. The molecule has 1 N–H and O–H groups in total. The van der Waals surface area contributed by atoms with Crippen LogP contribution in [0.1, 0.15) is 65.8 Å². The van der Waals surface area contributed by atoms with E-state index in [0.717, 1.165) is 66.3 Å². The second kappa shape index (κ2) is 10.2. The van der Waals surface area contributed by atoms with Crippen LogP contribution in [0.4, 0.5) is 5.69 Å². The van der Waals surface area contributed by atoms with Crippen LogP contribution in [-0.2, 0) is 0 Å². The van der Waals surface area contributed by atoms with E-state index in [1.165, 1.54) is 29.7 Å². The predicted octanol–water partition coefficient (Wildman–Crippen LogP) is 5.12. The first-order valence-electron chi connectivity index (χ1n) is 13.6. The van der Waals surface area contributed by atoms with Gasteiger partial charge in [-0.3, -0.25) is 9.69 Å². The van der Waals surface area contributed by atoms with Crippen LogP contribution < -0.4 is 10.5 Å². The van der Waals surface area contributed by atoms with Crippen molar-refractivity contribution >= 4 is 28.2 Å². The molecular formula is C29H34ClN7O. The summed E-state index contributed by atoms with van der Waals surface area (Å²) < 4.78 is 2.00. The standard InChI is InChI=1S/C29H34ClN7O/c1-18-8-9-22(30)17-26(18)35-10-12-36(13-11-35)27(28-32-33-34-37(28)23-6-4-5-7-23)24-16-21-14-19(2)20(3)15-25(21)31-29(24)38/h8-9,14-17,23,27H,4-7,10-13H2,1-3H3,(H,31,38)/t27-/m1/s1. The van der Waals surface area contributed by atoms with Crippen molar-refractivity contribution in [2.45, 2.75) is 58.5 Å². The lowest BCUT2D eigenvalue weighted by atomic mass is 10.00. The molecule has 2 aromatic carbocycles. The summed E-state index contributed by atoms with van der Waals surface area (Å²) in [5.74, 6) is 0.762. The molecule has 6 rings (SSSR count). The van der Waals surface area contributed by atoms with Crippen LogP contribution in [0.2, 0.25) is 5.02 Å². The van der Waals surface area contributed by atoms with Crippen LogP contribution >= 0.6 is 11.6 Å². The summed E-state index contributed by atoms with van der Waals surface area (Å²) in [6.45, 7) is 9.50. The molecule has 9 heteroatoms. The zero-order valence-electron chi connectivity index (χ0n) is 22.2. The lowest BCUT2D eigenvalue weighted by Crippen LogP contribution is -2.49. The monoisotopic (exact) mass is 531 g/mol. The van der Waals surface area contributed by atoms with Gasteiger partial charge in [-0.2, -0.15) is 0 Å². The number of fused-ring (bicyclic) bond motifs is 1. The highest BCUT2D eigenvalue weighted by molar-refractivity contribution is 6.30. The SMILES string of the molecule is Cc1cc2cc([C@H](c3nnnn3C3CCCC3)N3CCN(c4cc(Cl)ccc4C)CC3)c(=O)[nH]c2cc1C. The lowest BCUT2D eigenvalue weighted by molar-refractivity contribution is 0.197. The first kappa shape index (κ1) is 25.1. The number of hydrogen-bond donors (Lipinski definition) is 1. The number of hydrogen-bond acceptors (Lipinski definition) is 6. The number of aryl methyl sites for hydroxylation is 3. The van der Waals surface area contributed by atoms with E-state index in [-0.39, 0.29) is 17.6 Å². The van der Waals surface area contributed by atoms with Gasteiger partial charge in [-0.1, -0.05) is 30.5 Å². The number of pyridine rings is 1. The van der Waals surface area contributed by atoms with Gasteiger partial charge in [0.05, 0.1) is 6.04 Å². The largest absolute Gasteiger partial charge is 0.369 e. The number of aromatic amines is 1. The minimum absolute atomic E-state index is 0.0835. The molecule has 3 heterocycles. The number of H-pyrrole nitrogens is 1. The molecule has 198 valence electrons. The quantitative estimate of drug-likeness (QED) is 0.385. The topological polar surface area (TPSA) is 82.9 Å². The minimum Gasteiger partial charge on any atom is -0.369 e. The van der Waals surface area contributed by atoms with E-state index >= 15 is 0 Å². The van der Waals surface area contributed by atoms with Gasteiger partial charge in [0.25, 0.3) is 5.56 Å². The highest BCUT2D eigenvalue weighted by atomic mass is 35.5. The molecule has 1 atom stereocenters. The smallest absolute Gasteiger partial charge is 0.253 e. The molecule has 1 saturated carbocycles. The van der Waals surface area contributed by atoms with Crippen molar-refractivity contribution in [3.8, 4) is 0 Å². The zero-order chi connectivity index (χ0) is 26.4. The maximum Gasteiger partial charge on any atom is 0.253 e. The van der Waals surface area contributed by atoms with Crippen LogP contribution in [0.15, 0.2) is 41.2 Å². The Morgan fingerprint density at radius 2 is 1.68 bits per heavy atom. The Kier molecular flexibility index (Phi) is 6.70. The summed E-state index contributed by atoms with van der Waals surface area (Å²) in [5.41, 5.74) is 6.21. The van der Waals surface area contributed by atoms with Crippen molar-refractivity contribution in [2.24, 2.45) is 0 Å². The molecule has 8 nitrogen and oxygen atoms in total. The molecule has 0 radical (unpaired) electrons. The lowest BCUT2D eigenvalue weighted by Gasteiger charge is -2.40.